The van der Waals surface area contributed by atoms with E-state index in [2.05, 4.69) is 18.8 Å². The van der Waals surface area contributed by atoms with Crippen LogP contribution in [0.2, 0.25) is 0 Å². The molecule has 0 saturated carbocycles. The molecule has 11 heavy (non-hydrogen) atoms. The quantitative estimate of drug-likeness (QED) is 0.615. The normalized spacial score (nSPS) is 32.3. The Labute approximate surface area is 68.3 Å². The average Bonchev–Trinajstić information content (AvgIpc) is 1.85. The van der Waals surface area contributed by atoms with E-state index in [1.54, 1.807) is 0 Å². The first-order chi connectivity index (χ1) is 5.11. The SMILES string of the molecule is CC1=NC(O)C(C(C)C)CC1. The summed E-state index contributed by atoms with van der Waals surface area (Å²) in [7, 11) is 0. The second kappa shape index (κ2) is 3.35. The summed E-state index contributed by atoms with van der Waals surface area (Å²) < 4.78 is 0. The summed E-state index contributed by atoms with van der Waals surface area (Å²) in [6, 6.07) is 0. The Hall–Kier alpha value is -0.370. The summed E-state index contributed by atoms with van der Waals surface area (Å²) in [6.07, 6.45) is 1.71. The van der Waals surface area contributed by atoms with Gasteiger partial charge in [0.05, 0.1) is 0 Å². The van der Waals surface area contributed by atoms with Gasteiger partial charge in [0.15, 0.2) is 0 Å². The molecule has 0 radical (unpaired) electrons. The molecule has 0 fully saturated rings. The van der Waals surface area contributed by atoms with Gasteiger partial charge >= 0.3 is 0 Å². The van der Waals surface area contributed by atoms with Gasteiger partial charge in [-0.05, 0) is 25.7 Å². The first-order valence-electron chi connectivity index (χ1n) is 4.32. The third-order valence-corrected chi connectivity index (χ3v) is 2.43. The third-order valence-electron chi connectivity index (χ3n) is 2.43. The highest BCUT2D eigenvalue weighted by molar-refractivity contribution is 5.82. The molecule has 1 aliphatic heterocycles. The Balaban J connectivity index is 2.60. The lowest BCUT2D eigenvalue weighted by Gasteiger charge is -2.27. The van der Waals surface area contributed by atoms with Crippen molar-refractivity contribution in [1.82, 2.24) is 0 Å². The molecule has 64 valence electrons. The molecule has 2 atom stereocenters. The molecule has 1 aliphatic rings. The van der Waals surface area contributed by atoms with E-state index in [0.29, 0.717) is 11.8 Å². The smallest absolute Gasteiger partial charge is 0.148 e. The van der Waals surface area contributed by atoms with Crippen LogP contribution in [-0.4, -0.2) is 17.0 Å². The van der Waals surface area contributed by atoms with Crippen LogP contribution in [-0.2, 0) is 0 Å². The fraction of sp³-hybridized carbons (Fsp3) is 0.889. The molecule has 0 saturated heterocycles. The molecule has 0 aromatic carbocycles. The zero-order chi connectivity index (χ0) is 8.43. The van der Waals surface area contributed by atoms with Crippen molar-refractivity contribution in [2.45, 2.75) is 39.8 Å². The van der Waals surface area contributed by atoms with Crippen molar-refractivity contribution in [3.05, 3.63) is 0 Å². The Kier molecular flexibility index (Phi) is 2.66. The maximum atomic E-state index is 9.52. The van der Waals surface area contributed by atoms with Crippen LogP contribution in [0.1, 0.15) is 33.6 Å². The first kappa shape index (κ1) is 8.72. The minimum absolute atomic E-state index is 0.374. The fourth-order valence-corrected chi connectivity index (χ4v) is 1.59. The van der Waals surface area contributed by atoms with Crippen LogP contribution in [0.25, 0.3) is 0 Å². The van der Waals surface area contributed by atoms with Gasteiger partial charge in [0.2, 0.25) is 0 Å². The van der Waals surface area contributed by atoms with Crippen LogP contribution in [0.15, 0.2) is 4.99 Å². The van der Waals surface area contributed by atoms with E-state index in [0.717, 1.165) is 18.6 Å². The van der Waals surface area contributed by atoms with Crippen molar-refractivity contribution in [1.29, 1.82) is 0 Å². The molecule has 0 aliphatic carbocycles. The van der Waals surface area contributed by atoms with Crippen molar-refractivity contribution in [3.8, 4) is 0 Å². The molecule has 0 spiro atoms. The van der Waals surface area contributed by atoms with Crippen molar-refractivity contribution in [2.24, 2.45) is 16.8 Å². The molecular formula is C9H17NO. The standard InChI is InChI=1S/C9H17NO/c1-6(2)8-5-4-7(3)10-9(8)11/h6,8-9,11H,4-5H2,1-3H3. The predicted octanol–water partition coefficient (Wildman–Crippen LogP) is 1.83. The highest BCUT2D eigenvalue weighted by Gasteiger charge is 2.25. The zero-order valence-electron chi connectivity index (χ0n) is 7.54. The predicted molar refractivity (Wildman–Crippen MR) is 46.7 cm³/mol. The minimum Gasteiger partial charge on any atom is -0.372 e. The van der Waals surface area contributed by atoms with Crippen molar-refractivity contribution >= 4 is 5.71 Å². The van der Waals surface area contributed by atoms with Crippen molar-refractivity contribution < 1.29 is 5.11 Å². The molecule has 0 bridgehead atoms. The summed E-state index contributed by atoms with van der Waals surface area (Å²) >= 11 is 0. The summed E-state index contributed by atoms with van der Waals surface area (Å²) in [6.45, 7) is 6.27. The number of aliphatic hydroxyl groups is 1. The summed E-state index contributed by atoms with van der Waals surface area (Å²) in [5.41, 5.74) is 1.09. The van der Waals surface area contributed by atoms with Crippen LogP contribution >= 0.6 is 0 Å². The number of rotatable bonds is 1. The first-order valence-corrected chi connectivity index (χ1v) is 4.32. The Morgan fingerprint density at radius 2 is 2.18 bits per heavy atom. The molecule has 0 aromatic rings. The van der Waals surface area contributed by atoms with Crippen LogP contribution < -0.4 is 0 Å². The third kappa shape index (κ3) is 2.03. The zero-order valence-corrected chi connectivity index (χ0v) is 7.54. The van der Waals surface area contributed by atoms with Crippen LogP contribution in [0.5, 0.6) is 0 Å². The van der Waals surface area contributed by atoms with E-state index in [1.165, 1.54) is 0 Å². The molecule has 2 heteroatoms. The van der Waals surface area contributed by atoms with E-state index in [-0.39, 0.29) is 0 Å². The number of hydrogen-bond donors (Lipinski definition) is 1. The van der Waals surface area contributed by atoms with E-state index in [4.69, 9.17) is 0 Å². The topological polar surface area (TPSA) is 32.6 Å². The average molecular weight is 155 g/mol. The van der Waals surface area contributed by atoms with Crippen LogP contribution in [0, 0.1) is 11.8 Å². The van der Waals surface area contributed by atoms with E-state index in [9.17, 15) is 5.11 Å². The molecule has 2 nitrogen and oxygen atoms in total. The molecule has 1 N–H and O–H groups in total. The lowest BCUT2D eigenvalue weighted by molar-refractivity contribution is 0.0786. The minimum atomic E-state index is -0.441. The van der Waals surface area contributed by atoms with Crippen LogP contribution in [0.4, 0.5) is 0 Å². The van der Waals surface area contributed by atoms with E-state index in [1.807, 2.05) is 6.92 Å². The highest BCUT2D eigenvalue weighted by Crippen LogP contribution is 2.25. The van der Waals surface area contributed by atoms with Crippen molar-refractivity contribution in [3.63, 3.8) is 0 Å². The van der Waals surface area contributed by atoms with E-state index >= 15 is 0 Å². The second-order valence-electron chi connectivity index (χ2n) is 3.72. The van der Waals surface area contributed by atoms with Gasteiger partial charge in [0, 0.05) is 11.6 Å². The number of aliphatic hydroxyl groups excluding tert-OH is 1. The monoisotopic (exact) mass is 155 g/mol. The fourth-order valence-electron chi connectivity index (χ4n) is 1.59. The number of hydrogen-bond acceptors (Lipinski definition) is 2. The van der Waals surface area contributed by atoms with E-state index < -0.39 is 6.23 Å². The Bertz CT molecular complexity index is 163. The molecule has 0 aromatic heterocycles. The highest BCUT2D eigenvalue weighted by atomic mass is 16.3. The second-order valence-corrected chi connectivity index (χ2v) is 3.72. The summed E-state index contributed by atoms with van der Waals surface area (Å²) in [4.78, 5) is 4.16. The summed E-state index contributed by atoms with van der Waals surface area (Å²) in [5.74, 6) is 0.917. The van der Waals surface area contributed by atoms with Gasteiger partial charge in [-0.1, -0.05) is 13.8 Å². The van der Waals surface area contributed by atoms with Gasteiger partial charge in [0.1, 0.15) is 6.23 Å². The van der Waals surface area contributed by atoms with Crippen LogP contribution in [0.3, 0.4) is 0 Å². The molecule has 1 heterocycles. The Morgan fingerprint density at radius 3 is 2.64 bits per heavy atom. The van der Waals surface area contributed by atoms with Crippen molar-refractivity contribution in [2.75, 3.05) is 0 Å². The lowest BCUT2D eigenvalue weighted by Crippen LogP contribution is -2.28. The lowest BCUT2D eigenvalue weighted by atomic mass is 9.87. The summed E-state index contributed by atoms with van der Waals surface area (Å²) in [5, 5.41) is 9.52. The molecule has 0 amide bonds. The van der Waals surface area contributed by atoms with Gasteiger partial charge in [-0.25, -0.2) is 0 Å². The van der Waals surface area contributed by atoms with Gasteiger partial charge in [-0.2, -0.15) is 0 Å². The number of aliphatic imine (C=N–C) groups is 1. The van der Waals surface area contributed by atoms with Gasteiger partial charge in [-0.3, -0.25) is 4.99 Å². The molecule has 1 rings (SSSR count). The van der Waals surface area contributed by atoms with Gasteiger partial charge < -0.3 is 5.11 Å². The molecular weight excluding hydrogens is 138 g/mol. The maximum absolute atomic E-state index is 9.52. The molecule has 2 unspecified atom stereocenters. The van der Waals surface area contributed by atoms with Gasteiger partial charge in [0.25, 0.3) is 0 Å². The van der Waals surface area contributed by atoms with Gasteiger partial charge in [-0.15, -0.1) is 0 Å². The largest absolute Gasteiger partial charge is 0.372 e. The Morgan fingerprint density at radius 1 is 1.55 bits per heavy atom. The number of nitrogens with zero attached hydrogens (tertiary/aromatic N) is 1. The maximum Gasteiger partial charge on any atom is 0.148 e.